The normalized spacial score (nSPS) is 16.6. The van der Waals surface area contributed by atoms with Gasteiger partial charge in [0.2, 0.25) is 0 Å². The van der Waals surface area contributed by atoms with E-state index >= 15 is 0 Å². The minimum absolute atomic E-state index is 0.200. The van der Waals surface area contributed by atoms with Crippen molar-refractivity contribution in [2.24, 2.45) is 11.8 Å². The van der Waals surface area contributed by atoms with Crippen LogP contribution in [0.25, 0.3) is 0 Å². The van der Waals surface area contributed by atoms with Crippen LogP contribution in [0.4, 0.5) is 0 Å². The third kappa shape index (κ3) is 4.86. The van der Waals surface area contributed by atoms with Crippen molar-refractivity contribution in [3.8, 4) is 0 Å². The van der Waals surface area contributed by atoms with E-state index in [9.17, 15) is 8.42 Å². The Morgan fingerprint density at radius 1 is 1.28 bits per heavy atom. The quantitative estimate of drug-likeness (QED) is 0.501. The van der Waals surface area contributed by atoms with E-state index in [0.29, 0.717) is 5.92 Å². The molecule has 0 fully saturated rings. The Bertz CT molecular complexity index is 326. The van der Waals surface area contributed by atoms with Gasteiger partial charge in [-0.2, -0.15) is 0 Å². The lowest BCUT2D eigenvalue weighted by atomic mass is 9.87. The molecule has 2 unspecified atom stereocenters. The number of hydrogen-bond donors (Lipinski definition) is 2. The lowest BCUT2D eigenvalue weighted by Crippen LogP contribution is -2.54. The number of unbranched alkanes of at least 4 members (excludes halogenated alkanes) is 1. The topological polar surface area (TPSA) is 72.2 Å². The van der Waals surface area contributed by atoms with E-state index in [1.54, 1.807) is 13.8 Å². The molecule has 0 bridgehead atoms. The number of sulfone groups is 1. The third-order valence-corrected chi connectivity index (χ3v) is 6.30. The zero-order valence-corrected chi connectivity index (χ0v) is 13.3. The largest absolute Gasteiger partial charge is 0.271 e. The van der Waals surface area contributed by atoms with Gasteiger partial charge in [0.15, 0.2) is 9.84 Å². The monoisotopic (exact) mass is 278 g/mol. The molecule has 0 rings (SSSR count). The van der Waals surface area contributed by atoms with E-state index in [-0.39, 0.29) is 6.04 Å². The molecule has 0 radical (unpaired) electrons. The smallest absolute Gasteiger partial charge is 0.154 e. The highest BCUT2D eigenvalue weighted by atomic mass is 32.2. The first kappa shape index (κ1) is 17.9. The van der Waals surface area contributed by atoms with Crippen LogP contribution < -0.4 is 11.3 Å². The summed E-state index contributed by atoms with van der Waals surface area (Å²) in [6, 6.07) is -0.200. The van der Waals surface area contributed by atoms with E-state index in [1.807, 2.05) is 0 Å². The van der Waals surface area contributed by atoms with Crippen molar-refractivity contribution < 1.29 is 8.42 Å². The van der Waals surface area contributed by atoms with Crippen molar-refractivity contribution in [2.45, 2.75) is 70.6 Å². The molecule has 0 aliphatic rings. The van der Waals surface area contributed by atoms with Gasteiger partial charge in [-0.1, -0.05) is 39.5 Å². The molecule has 4 nitrogen and oxygen atoms in total. The summed E-state index contributed by atoms with van der Waals surface area (Å²) in [6.07, 6.45) is 6.67. The fraction of sp³-hybridized carbons (Fsp3) is 1.00. The third-order valence-electron chi connectivity index (χ3n) is 4.11. The van der Waals surface area contributed by atoms with Crippen molar-refractivity contribution in [3.05, 3.63) is 0 Å². The average molecular weight is 278 g/mol. The Labute approximate surface area is 113 Å². The first-order valence-corrected chi connectivity index (χ1v) is 8.75. The highest BCUT2D eigenvalue weighted by Gasteiger charge is 2.39. The molecule has 0 saturated carbocycles. The zero-order chi connectivity index (χ0) is 14.4. The molecule has 0 saturated heterocycles. The average Bonchev–Trinajstić information content (AvgIpc) is 2.27. The SMILES string of the molecule is CCCCC(CC)CC(NN)C(C)(C)S(C)(=O)=O. The van der Waals surface area contributed by atoms with Gasteiger partial charge in [-0.05, 0) is 26.2 Å². The van der Waals surface area contributed by atoms with Gasteiger partial charge in [-0.3, -0.25) is 11.3 Å². The van der Waals surface area contributed by atoms with Gasteiger partial charge >= 0.3 is 0 Å². The molecular weight excluding hydrogens is 248 g/mol. The van der Waals surface area contributed by atoms with Crippen LogP contribution in [0.3, 0.4) is 0 Å². The minimum Gasteiger partial charge on any atom is -0.271 e. The lowest BCUT2D eigenvalue weighted by Gasteiger charge is -2.34. The summed E-state index contributed by atoms with van der Waals surface area (Å²) in [5.41, 5.74) is 2.71. The van der Waals surface area contributed by atoms with E-state index in [2.05, 4.69) is 19.3 Å². The van der Waals surface area contributed by atoms with Crippen LogP contribution in [-0.2, 0) is 9.84 Å². The van der Waals surface area contributed by atoms with Crippen LogP contribution in [0.5, 0.6) is 0 Å². The molecule has 0 aliphatic carbocycles. The van der Waals surface area contributed by atoms with Gasteiger partial charge in [0.05, 0.1) is 4.75 Å². The lowest BCUT2D eigenvalue weighted by molar-refractivity contribution is 0.310. The first-order chi connectivity index (χ1) is 8.20. The van der Waals surface area contributed by atoms with Crippen LogP contribution in [-0.4, -0.2) is 25.5 Å². The number of hydrazine groups is 1. The molecule has 2 atom stereocenters. The Morgan fingerprint density at radius 2 is 1.83 bits per heavy atom. The van der Waals surface area contributed by atoms with Crippen LogP contribution in [0.2, 0.25) is 0 Å². The molecule has 0 aliphatic heterocycles. The fourth-order valence-electron chi connectivity index (χ4n) is 2.13. The van der Waals surface area contributed by atoms with Gasteiger partial charge < -0.3 is 0 Å². The predicted molar refractivity (Wildman–Crippen MR) is 78.0 cm³/mol. The number of hydrogen-bond acceptors (Lipinski definition) is 4. The van der Waals surface area contributed by atoms with Crippen molar-refractivity contribution in [1.29, 1.82) is 0 Å². The standard InChI is InChI=1S/C13H30N2O2S/c1-6-8-9-11(7-2)10-12(15-14)13(3,4)18(5,16)17/h11-12,15H,6-10,14H2,1-5H3. The second-order valence-corrected chi connectivity index (χ2v) is 8.34. The maximum Gasteiger partial charge on any atom is 0.154 e. The second kappa shape index (κ2) is 7.46. The predicted octanol–water partition coefficient (Wildman–Crippen LogP) is 2.25. The Hall–Kier alpha value is -0.130. The second-order valence-electron chi connectivity index (χ2n) is 5.75. The van der Waals surface area contributed by atoms with Crippen LogP contribution in [0.15, 0.2) is 0 Å². The summed E-state index contributed by atoms with van der Waals surface area (Å²) in [7, 11) is -3.13. The van der Waals surface area contributed by atoms with Gasteiger partial charge in [0.25, 0.3) is 0 Å². The molecule has 0 aromatic rings. The van der Waals surface area contributed by atoms with Gasteiger partial charge in [-0.25, -0.2) is 8.42 Å². The maximum atomic E-state index is 11.8. The summed E-state index contributed by atoms with van der Waals surface area (Å²) in [5, 5.41) is 0. The first-order valence-electron chi connectivity index (χ1n) is 6.86. The number of nitrogens with two attached hydrogens (primary N) is 1. The molecule has 0 amide bonds. The fourth-order valence-corrected chi connectivity index (χ4v) is 2.81. The number of nitrogens with one attached hydrogen (secondary N) is 1. The van der Waals surface area contributed by atoms with Crippen LogP contribution in [0.1, 0.15) is 59.8 Å². The highest BCUT2D eigenvalue weighted by molar-refractivity contribution is 7.92. The molecule has 0 aromatic carbocycles. The van der Waals surface area contributed by atoms with Crippen LogP contribution >= 0.6 is 0 Å². The van der Waals surface area contributed by atoms with E-state index in [4.69, 9.17) is 5.84 Å². The molecule has 5 heteroatoms. The van der Waals surface area contributed by atoms with Crippen molar-refractivity contribution in [1.82, 2.24) is 5.43 Å². The Kier molecular flexibility index (Phi) is 7.40. The zero-order valence-electron chi connectivity index (χ0n) is 12.5. The van der Waals surface area contributed by atoms with E-state index in [0.717, 1.165) is 19.3 Å². The maximum absolute atomic E-state index is 11.8. The minimum atomic E-state index is -3.13. The van der Waals surface area contributed by atoms with Gasteiger partial charge in [0.1, 0.15) is 0 Å². The molecule has 0 spiro atoms. The van der Waals surface area contributed by atoms with Crippen molar-refractivity contribution in [2.75, 3.05) is 6.26 Å². The van der Waals surface area contributed by atoms with E-state index in [1.165, 1.54) is 19.1 Å². The van der Waals surface area contributed by atoms with E-state index < -0.39 is 14.6 Å². The molecule has 0 heterocycles. The molecule has 3 N–H and O–H groups in total. The summed E-state index contributed by atoms with van der Waals surface area (Å²) in [5.74, 6) is 6.11. The van der Waals surface area contributed by atoms with Crippen molar-refractivity contribution >= 4 is 9.84 Å². The van der Waals surface area contributed by atoms with Gasteiger partial charge in [0, 0.05) is 12.3 Å². The Morgan fingerprint density at radius 3 is 2.17 bits per heavy atom. The van der Waals surface area contributed by atoms with Crippen molar-refractivity contribution in [3.63, 3.8) is 0 Å². The summed E-state index contributed by atoms with van der Waals surface area (Å²) < 4.78 is 22.9. The van der Waals surface area contributed by atoms with Gasteiger partial charge in [-0.15, -0.1) is 0 Å². The summed E-state index contributed by atoms with van der Waals surface area (Å²) >= 11 is 0. The molecule has 0 aromatic heterocycles. The summed E-state index contributed by atoms with van der Waals surface area (Å²) in [6.45, 7) is 7.83. The van der Waals surface area contributed by atoms with Crippen LogP contribution in [0, 0.1) is 5.92 Å². The summed E-state index contributed by atoms with van der Waals surface area (Å²) in [4.78, 5) is 0. The number of rotatable bonds is 9. The Balaban J connectivity index is 4.78. The molecule has 110 valence electrons. The molecule has 18 heavy (non-hydrogen) atoms. The highest BCUT2D eigenvalue weighted by Crippen LogP contribution is 2.27. The molecular formula is C13H30N2O2S.